The summed E-state index contributed by atoms with van der Waals surface area (Å²) in [5.74, 6) is 1.75. The van der Waals surface area contributed by atoms with Crippen molar-refractivity contribution in [2.24, 2.45) is 5.92 Å². The number of aromatic nitrogens is 3. The molecule has 25 heavy (non-hydrogen) atoms. The van der Waals surface area contributed by atoms with E-state index >= 15 is 0 Å². The molecular formula is C18H18Cl2N4S. The summed E-state index contributed by atoms with van der Waals surface area (Å²) in [7, 11) is 0. The summed E-state index contributed by atoms with van der Waals surface area (Å²) >= 11 is 14.0. The largest absolute Gasteiger partial charge is 0.342 e. The molecule has 0 spiro atoms. The highest BCUT2D eigenvalue weighted by molar-refractivity contribution is 7.99. The van der Waals surface area contributed by atoms with Gasteiger partial charge in [0.2, 0.25) is 5.95 Å². The number of benzene rings is 1. The Bertz CT molecular complexity index is 903. The number of hydrogen-bond acceptors (Lipinski definition) is 4. The molecule has 0 unspecified atom stereocenters. The SMILES string of the molecule is CC1CCN(c2ncc(Sc3cccc(Cl)c3Cl)c3nccn23)CC1. The number of piperidine rings is 1. The number of fused-ring (bicyclic) bond motifs is 1. The van der Waals surface area contributed by atoms with Crippen molar-refractivity contribution >= 4 is 46.6 Å². The van der Waals surface area contributed by atoms with Crippen LogP contribution in [-0.4, -0.2) is 27.5 Å². The van der Waals surface area contributed by atoms with Crippen LogP contribution >= 0.6 is 35.0 Å². The minimum Gasteiger partial charge on any atom is -0.342 e. The molecule has 0 aliphatic carbocycles. The fraction of sp³-hybridized carbons (Fsp3) is 0.333. The van der Waals surface area contributed by atoms with E-state index in [1.165, 1.54) is 24.6 Å². The van der Waals surface area contributed by atoms with Crippen molar-refractivity contribution in [3.8, 4) is 0 Å². The Balaban J connectivity index is 1.69. The lowest BCUT2D eigenvalue weighted by Gasteiger charge is -2.31. The second kappa shape index (κ2) is 7.06. The Hall–Kier alpha value is -1.43. The second-order valence-corrected chi connectivity index (χ2v) is 8.24. The molecule has 130 valence electrons. The molecule has 1 fully saturated rings. The first kappa shape index (κ1) is 17.0. The van der Waals surface area contributed by atoms with Crippen LogP contribution in [0.5, 0.6) is 0 Å². The third kappa shape index (κ3) is 3.33. The highest BCUT2D eigenvalue weighted by atomic mass is 35.5. The molecule has 1 aliphatic heterocycles. The van der Waals surface area contributed by atoms with E-state index in [-0.39, 0.29) is 0 Å². The van der Waals surface area contributed by atoms with Gasteiger partial charge in [-0.15, -0.1) is 0 Å². The summed E-state index contributed by atoms with van der Waals surface area (Å²) in [6.07, 6.45) is 8.08. The third-order valence-corrected chi connectivity index (χ3v) is 6.58. The predicted molar refractivity (Wildman–Crippen MR) is 104 cm³/mol. The number of rotatable bonds is 3. The lowest BCUT2D eigenvalue weighted by molar-refractivity contribution is 0.433. The average molecular weight is 393 g/mol. The Morgan fingerprint density at radius 3 is 2.72 bits per heavy atom. The van der Waals surface area contributed by atoms with Gasteiger partial charge < -0.3 is 4.90 Å². The molecule has 1 aromatic carbocycles. The molecule has 0 bridgehead atoms. The van der Waals surface area contributed by atoms with Gasteiger partial charge in [-0.1, -0.05) is 48.0 Å². The first-order valence-electron chi connectivity index (χ1n) is 8.32. The smallest absolute Gasteiger partial charge is 0.211 e. The van der Waals surface area contributed by atoms with Crippen molar-refractivity contribution in [1.82, 2.24) is 14.4 Å². The Kier molecular flexibility index (Phi) is 4.80. The summed E-state index contributed by atoms with van der Waals surface area (Å²) in [6.45, 7) is 4.38. The van der Waals surface area contributed by atoms with Crippen LogP contribution in [0.1, 0.15) is 19.8 Å². The molecule has 3 heterocycles. The van der Waals surface area contributed by atoms with Gasteiger partial charge in [0, 0.05) is 36.6 Å². The minimum atomic E-state index is 0.554. The molecule has 0 N–H and O–H groups in total. The van der Waals surface area contributed by atoms with Crippen LogP contribution in [0.2, 0.25) is 10.0 Å². The normalized spacial score (nSPS) is 15.9. The maximum absolute atomic E-state index is 6.33. The van der Waals surface area contributed by atoms with Gasteiger partial charge in [0.1, 0.15) is 0 Å². The van der Waals surface area contributed by atoms with E-state index in [9.17, 15) is 0 Å². The summed E-state index contributed by atoms with van der Waals surface area (Å²) in [6, 6.07) is 5.64. The number of imidazole rings is 1. The highest BCUT2D eigenvalue weighted by Gasteiger charge is 2.20. The zero-order chi connectivity index (χ0) is 17.4. The van der Waals surface area contributed by atoms with Crippen LogP contribution in [0.3, 0.4) is 0 Å². The minimum absolute atomic E-state index is 0.554. The van der Waals surface area contributed by atoms with Crippen LogP contribution in [-0.2, 0) is 0 Å². The van der Waals surface area contributed by atoms with Gasteiger partial charge in [-0.25, -0.2) is 9.97 Å². The fourth-order valence-electron chi connectivity index (χ4n) is 3.08. The molecular weight excluding hydrogens is 375 g/mol. The van der Waals surface area contributed by atoms with Crippen molar-refractivity contribution in [2.75, 3.05) is 18.0 Å². The molecule has 0 saturated carbocycles. The van der Waals surface area contributed by atoms with Crippen LogP contribution in [0.25, 0.3) is 5.65 Å². The molecule has 4 rings (SSSR count). The van der Waals surface area contributed by atoms with Crippen molar-refractivity contribution < 1.29 is 0 Å². The molecule has 0 atom stereocenters. The topological polar surface area (TPSA) is 33.4 Å². The van der Waals surface area contributed by atoms with Gasteiger partial charge in [-0.2, -0.15) is 0 Å². The van der Waals surface area contributed by atoms with Gasteiger partial charge in [-0.05, 0) is 30.9 Å². The monoisotopic (exact) mass is 392 g/mol. The van der Waals surface area contributed by atoms with Crippen molar-refractivity contribution in [2.45, 2.75) is 29.6 Å². The summed E-state index contributed by atoms with van der Waals surface area (Å²) in [5.41, 5.74) is 0.893. The number of anilines is 1. The molecule has 1 saturated heterocycles. The zero-order valence-corrected chi connectivity index (χ0v) is 16.2. The van der Waals surface area contributed by atoms with Crippen LogP contribution in [0.4, 0.5) is 5.95 Å². The van der Waals surface area contributed by atoms with Gasteiger partial charge in [0.15, 0.2) is 5.65 Å². The lowest BCUT2D eigenvalue weighted by atomic mass is 10.00. The maximum Gasteiger partial charge on any atom is 0.211 e. The first-order chi connectivity index (χ1) is 12.1. The van der Waals surface area contributed by atoms with Crippen molar-refractivity contribution in [3.05, 3.63) is 46.8 Å². The first-order valence-corrected chi connectivity index (χ1v) is 9.89. The van der Waals surface area contributed by atoms with Gasteiger partial charge in [0.25, 0.3) is 0 Å². The van der Waals surface area contributed by atoms with Crippen LogP contribution in [0, 0.1) is 5.92 Å². The van der Waals surface area contributed by atoms with Crippen molar-refractivity contribution in [1.29, 1.82) is 0 Å². The van der Waals surface area contributed by atoms with Gasteiger partial charge in [-0.3, -0.25) is 4.40 Å². The molecule has 3 aromatic rings. The van der Waals surface area contributed by atoms with E-state index in [0.717, 1.165) is 40.4 Å². The maximum atomic E-state index is 6.33. The molecule has 0 amide bonds. The Morgan fingerprint density at radius 1 is 1.12 bits per heavy atom. The van der Waals surface area contributed by atoms with E-state index in [4.69, 9.17) is 28.2 Å². The highest BCUT2D eigenvalue weighted by Crippen LogP contribution is 2.38. The van der Waals surface area contributed by atoms with E-state index < -0.39 is 0 Å². The molecule has 1 aliphatic rings. The quantitative estimate of drug-likeness (QED) is 0.595. The van der Waals surface area contributed by atoms with Gasteiger partial charge in [0.05, 0.1) is 14.9 Å². The average Bonchev–Trinajstić information content (AvgIpc) is 3.10. The predicted octanol–water partition coefficient (Wildman–Crippen LogP) is 5.42. The van der Waals surface area contributed by atoms with Crippen LogP contribution in [0.15, 0.2) is 46.6 Å². The Morgan fingerprint density at radius 2 is 1.92 bits per heavy atom. The van der Waals surface area contributed by atoms with E-state index in [1.807, 2.05) is 30.7 Å². The van der Waals surface area contributed by atoms with Crippen LogP contribution < -0.4 is 4.90 Å². The number of nitrogens with zero attached hydrogens (tertiary/aromatic N) is 4. The number of hydrogen-bond donors (Lipinski definition) is 0. The summed E-state index contributed by atoms with van der Waals surface area (Å²) in [5, 5.41) is 1.12. The standard InChI is InChI=1S/C18H18Cl2N4S/c1-12-5-8-23(9-6-12)18-22-11-15(17-21-7-10-24(17)18)25-14-4-2-3-13(19)16(14)20/h2-4,7,10-12H,5-6,8-9H2,1H3. The van der Waals surface area contributed by atoms with E-state index in [2.05, 4.69) is 21.2 Å². The second-order valence-electron chi connectivity index (χ2n) is 6.37. The Labute approximate surface area is 161 Å². The molecule has 0 radical (unpaired) electrons. The zero-order valence-electron chi connectivity index (χ0n) is 13.8. The lowest BCUT2D eigenvalue weighted by Crippen LogP contribution is -2.34. The summed E-state index contributed by atoms with van der Waals surface area (Å²) < 4.78 is 2.07. The number of halogens is 2. The van der Waals surface area contributed by atoms with Gasteiger partial charge >= 0.3 is 0 Å². The molecule has 4 nitrogen and oxygen atoms in total. The fourth-order valence-corrected chi connectivity index (χ4v) is 4.48. The van der Waals surface area contributed by atoms with E-state index in [0.29, 0.717) is 10.0 Å². The summed E-state index contributed by atoms with van der Waals surface area (Å²) in [4.78, 5) is 13.5. The van der Waals surface area contributed by atoms with E-state index in [1.54, 1.807) is 6.07 Å². The third-order valence-electron chi connectivity index (χ3n) is 4.58. The molecule has 2 aromatic heterocycles. The molecule has 7 heteroatoms. The van der Waals surface area contributed by atoms with Crippen molar-refractivity contribution in [3.63, 3.8) is 0 Å².